The van der Waals surface area contributed by atoms with Gasteiger partial charge in [0.1, 0.15) is 5.75 Å². The molecule has 1 N–H and O–H groups in total. The lowest BCUT2D eigenvalue weighted by atomic mass is 10.1. The maximum atomic E-state index is 10.7. The Hall–Kier alpha value is -1.84. The van der Waals surface area contributed by atoms with Gasteiger partial charge in [-0.05, 0) is 50.6 Å². The van der Waals surface area contributed by atoms with Gasteiger partial charge < -0.3 is 4.74 Å². The van der Waals surface area contributed by atoms with Crippen LogP contribution in [0.4, 0.5) is 0 Å². The van der Waals surface area contributed by atoms with Crippen molar-refractivity contribution >= 4 is 11.6 Å². The van der Waals surface area contributed by atoms with Crippen LogP contribution in [-0.4, -0.2) is 17.7 Å². The molecule has 4 nitrogen and oxygen atoms in total. The molecule has 0 heterocycles. The molecule has 1 aromatic rings. The smallest absolute Gasteiger partial charge is 0.236 e. The molecule has 0 unspecified atom stereocenters. The van der Waals surface area contributed by atoms with E-state index in [0.29, 0.717) is 0 Å². The van der Waals surface area contributed by atoms with Crippen LogP contribution >= 0.6 is 0 Å². The van der Waals surface area contributed by atoms with Gasteiger partial charge in [-0.1, -0.05) is 0 Å². The molecule has 0 spiro atoms. The molecule has 0 saturated heterocycles. The van der Waals surface area contributed by atoms with Crippen molar-refractivity contribution in [1.29, 1.82) is 0 Å². The van der Waals surface area contributed by atoms with Gasteiger partial charge in [-0.2, -0.15) is 5.10 Å². The molecule has 0 aliphatic carbocycles. The van der Waals surface area contributed by atoms with E-state index in [-0.39, 0.29) is 12.0 Å². The van der Waals surface area contributed by atoms with Crippen LogP contribution in [0.1, 0.15) is 33.3 Å². The third kappa shape index (κ3) is 4.68. The summed E-state index contributed by atoms with van der Waals surface area (Å²) >= 11 is 0. The topological polar surface area (TPSA) is 50.7 Å². The average Bonchev–Trinajstić information content (AvgIpc) is 2.26. The average molecular weight is 234 g/mol. The van der Waals surface area contributed by atoms with Crippen LogP contribution in [0.15, 0.2) is 29.4 Å². The van der Waals surface area contributed by atoms with Crippen LogP contribution in [-0.2, 0) is 4.79 Å². The van der Waals surface area contributed by atoms with Gasteiger partial charge in [0.25, 0.3) is 0 Å². The molecule has 92 valence electrons. The van der Waals surface area contributed by atoms with Crippen molar-refractivity contribution in [3.8, 4) is 5.75 Å². The molecular formula is C13H18N2O2. The number of carbonyl (C=O) groups is 1. The number of hydrogen-bond acceptors (Lipinski definition) is 3. The van der Waals surface area contributed by atoms with Crippen molar-refractivity contribution in [2.24, 2.45) is 5.10 Å². The minimum atomic E-state index is -0.177. The van der Waals surface area contributed by atoms with Gasteiger partial charge in [0, 0.05) is 6.92 Å². The highest BCUT2D eigenvalue weighted by molar-refractivity contribution is 5.99. The summed E-state index contributed by atoms with van der Waals surface area (Å²) in [5.74, 6) is 0.653. The lowest BCUT2D eigenvalue weighted by molar-refractivity contribution is -0.118. The van der Waals surface area contributed by atoms with Gasteiger partial charge in [0.05, 0.1) is 11.8 Å². The number of benzene rings is 1. The monoisotopic (exact) mass is 234 g/mol. The summed E-state index contributed by atoms with van der Waals surface area (Å²) in [6, 6.07) is 7.61. The summed E-state index contributed by atoms with van der Waals surface area (Å²) in [5, 5.41) is 3.96. The van der Waals surface area contributed by atoms with Crippen molar-refractivity contribution in [2.75, 3.05) is 0 Å². The molecule has 0 bridgehead atoms. The standard InChI is InChI=1S/C13H18N2O2/c1-9(2)17-13-7-5-12(6-8-13)10(3)14-15-11(4)16/h5-9H,1-4H3,(H,15,16)/b14-10-. The van der Waals surface area contributed by atoms with E-state index in [1.165, 1.54) is 6.92 Å². The zero-order chi connectivity index (χ0) is 12.8. The van der Waals surface area contributed by atoms with Gasteiger partial charge in [0.15, 0.2) is 0 Å². The van der Waals surface area contributed by atoms with E-state index in [2.05, 4.69) is 10.5 Å². The first-order valence-corrected chi connectivity index (χ1v) is 5.57. The molecule has 0 aliphatic heterocycles. The molecule has 0 aromatic heterocycles. The molecule has 0 fully saturated rings. The molecule has 0 radical (unpaired) electrons. The first-order valence-electron chi connectivity index (χ1n) is 5.57. The molecule has 1 rings (SSSR count). The Labute approximate surface area is 102 Å². The molecule has 1 aromatic carbocycles. The van der Waals surface area contributed by atoms with Gasteiger partial charge in [-0.15, -0.1) is 0 Å². The van der Waals surface area contributed by atoms with Gasteiger partial charge in [0.2, 0.25) is 5.91 Å². The van der Waals surface area contributed by atoms with Crippen LogP contribution in [0.3, 0.4) is 0 Å². The Kier molecular flexibility index (Phi) is 4.69. The number of ether oxygens (including phenoxy) is 1. The normalized spacial score (nSPS) is 11.5. The highest BCUT2D eigenvalue weighted by Gasteiger charge is 2.00. The number of hydrogen-bond donors (Lipinski definition) is 1. The van der Waals surface area contributed by atoms with Crippen molar-refractivity contribution < 1.29 is 9.53 Å². The maximum Gasteiger partial charge on any atom is 0.236 e. The number of amides is 1. The largest absolute Gasteiger partial charge is 0.491 e. The summed E-state index contributed by atoms with van der Waals surface area (Å²) < 4.78 is 5.54. The van der Waals surface area contributed by atoms with Crippen LogP contribution < -0.4 is 10.2 Å². The highest BCUT2D eigenvalue weighted by Crippen LogP contribution is 2.14. The molecule has 0 aliphatic rings. The summed E-state index contributed by atoms with van der Waals surface area (Å²) in [5.41, 5.74) is 4.12. The second-order valence-corrected chi connectivity index (χ2v) is 4.06. The van der Waals surface area contributed by atoms with E-state index < -0.39 is 0 Å². The molecule has 0 atom stereocenters. The highest BCUT2D eigenvalue weighted by atomic mass is 16.5. The van der Waals surface area contributed by atoms with Crippen molar-refractivity contribution in [3.63, 3.8) is 0 Å². The second kappa shape index (κ2) is 6.03. The minimum Gasteiger partial charge on any atom is -0.491 e. The molecule has 4 heteroatoms. The zero-order valence-corrected chi connectivity index (χ0v) is 10.7. The third-order valence-electron chi connectivity index (χ3n) is 2.02. The van der Waals surface area contributed by atoms with Crippen molar-refractivity contribution in [1.82, 2.24) is 5.43 Å². The fourth-order valence-corrected chi connectivity index (χ4v) is 1.27. The first-order chi connectivity index (χ1) is 7.99. The van der Waals surface area contributed by atoms with E-state index in [1.807, 2.05) is 45.0 Å². The Morgan fingerprint density at radius 1 is 1.24 bits per heavy atom. The summed E-state index contributed by atoms with van der Waals surface area (Å²) in [4.78, 5) is 10.7. The fourth-order valence-electron chi connectivity index (χ4n) is 1.27. The van der Waals surface area contributed by atoms with Gasteiger partial charge in [-0.3, -0.25) is 4.79 Å². The number of nitrogens with zero attached hydrogens (tertiary/aromatic N) is 1. The van der Waals surface area contributed by atoms with E-state index in [0.717, 1.165) is 17.0 Å². The number of carbonyl (C=O) groups excluding carboxylic acids is 1. The van der Waals surface area contributed by atoms with Crippen LogP contribution in [0.2, 0.25) is 0 Å². The van der Waals surface area contributed by atoms with Gasteiger partial charge >= 0.3 is 0 Å². The molecule has 1 amide bonds. The van der Waals surface area contributed by atoms with Crippen molar-refractivity contribution in [3.05, 3.63) is 29.8 Å². The van der Waals surface area contributed by atoms with Crippen LogP contribution in [0.5, 0.6) is 5.75 Å². The predicted molar refractivity (Wildman–Crippen MR) is 68.2 cm³/mol. The molecular weight excluding hydrogens is 216 g/mol. The minimum absolute atomic E-state index is 0.162. The van der Waals surface area contributed by atoms with Crippen LogP contribution in [0, 0.1) is 0 Å². The van der Waals surface area contributed by atoms with E-state index in [1.54, 1.807) is 0 Å². The first kappa shape index (κ1) is 13.2. The lowest BCUT2D eigenvalue weighted by Gasteiger charge is -2.09. The SMILES string of the molecule is CC(=O)N/N=C(/C)c1ccc(OC(C)C)cc1. The Morgan fingerprint density at radius 3 is 2.29 bits per heavy atom. The van der Waals surface area contributed by atoms with E-state index >= 15 is 0 Å². The fraction of sp³-hybridized carbons (Fsp3) is 0.385. The van der Waals surface area contributed by atoms with E-state index in [4.69, 9.17) is 4.74 Å². The Morgan fingerprint density at radius 2 is 1.82 bits per heavy atom. The maximum absolute atomic E-state index is 10.7. The Balaban J connectivity index is 2.73. The number of rotatable bonds is 4. The molecule has 17 heavy (non-hydrogen) atoms. The third-order valence-corrected chi connectivity index (χ3v) is 2.02. The van der Waals surface area contributed by atoms with E-state index in [9.17, 15) is 4.79 Å². The quantitative estimate of drug-likeness (QED) is 0.642. The summed E-state index contributed by atoms with van der Waals surface area (Å²) in [7, 11) is 0. The second-order valence-electron chi connectivity index (χ2n) is 4.06. The predicted octanol–water partition coefficient (Wildman–Crippen LogP) is 2.33. The van der Waals surface area contributed by atoms with Crippen molar-refractivity contribution in [2.45, 2.75) is 33.8 Å². The number of hydrazone groups is 1. The summed E-state index contributed by atoms with van der Waals surface area (Å²) in [6.45, 7) is 7.24. The zero-order valence-electron chi connectivity index (χ0n) is 10.7. The lowest BCUT2D eigenvalue weighted by Crippen LogP contribution is -2.15. The number of nitrogens with one attached hydrogen (secondary N) is 1. The van der Waals surface area contributed by atoms with Crippen LogP contribution in [0.25, 0.3) is 0 Å². The Bertz CT molecular complexity index is 408. The molecule has 0 saturated carbocycles. The van der Waals surface area contributed by atoms with Gasteiger partial charge in [-0.25, -0.2) is 5.43 Å². The summed E-state index contributed by atoms with van der Waals surface area (Å²) in [6.07, 6.45) is 0.162.